The molecule has 3 aromatic carbocycles. The number of halogens is 1. The predicted molar refractivity (Wildman–Crippen MR) is 119 cm³/mol. The van der Waals surface area contributed by atoms with Gasteiger partial charge in [0.25, 0.3) is 0 Å². The fraction of sp³-hybridized carbons (Fsp3) is 0.250. The van der Waals surface area contributed by atoms with E-state index in [1.807, 2.05) is 31.2 Å². The second-order valence-corrected chi connectivity index (χ2v) is 7.37. The largest absolute Gasteiger partial charge is 0.490 e. The summed E-state index contributed by atoms with van der Waals surface area (Å²) >= 11 is 3.65. The van der Waals surface area contributed by atoms with E-state index < -0.39 is 0 Å². The molecular formula is C24H26BrNO2. The lowest BCUT2D eigenvalue weighted by Gasteiger charge is -2.16. The molecule has 3 aromatic rings. The number of rotatable bonds is 9. The van der Waals surface area contributed by atoms with Crippen LogP contribution < -0.4 is 14.8 Å². The van der Waals surface area contributed by atoms with Crippen LogP contribution in [0.3, 0.4) is 0 Å². The Hall–Kier alpha value is -2.46. The van der Waals surface area contributed by atoms with Crippen LogP contribution >= 0.6 is 15.9 Å². The lowest BCUT2D eigenvalue weighted by molar-refractivity contribution is 0.267. The van der Waals surface area contributed by atoms with Crippen LogP contribution in [-0.4, -0.2) is 6.61 Å². The van der Waals surface area contributed by atoms with Gasteiger partial charge in [0, 0.05) is 12.2 Å². The molecule has 0 bridgehead atoms. The van der Waals surface area contributed by atoms with Crippen LogP contribution in [0.5, 0.6) is 11.5 Å². The van der Waals surface area contributed by atoms with Gasteiger partial charge in [-0.15, -0.1) is 0 Å². The number of ether oxygens (including phenoxy) is 2. The number of benzene rings is 3. The molecule has 4 heteroatoms. The van der Waals surface area contributed by atoms with E-state index in [0.717, 1.165) is 39.2 Å². The van der Waals surface area contributed by atoms with Crippen molar-refractivity contribution in [3.05, 3.63) is 87.9 Å². The summed E-state index contributed by atoms with van der Waals surface area (Å²) in [6.07, 6.45) is 1.05. The van der Waals surface area contributed by atoms with Gasteiger partial charge < -0.3 is 14.8 Å². The van der Waals surface area contributed by atoms with Crippen LogP contribution in [0, 0.1) is 0 Å². The van der Waals surface area contributed by atoms with Gasteiger partial charge in [-0.25, -0.2) is 0 Å². The SMILES string of the molecule is CCOc1cc(CNc2ccc(CC)cc2)cc(Br)c1OCc1ccccc1. The zero-order valence-corrected chi connectivity index (χ0v) is 18.0. The Balaban J connectivity index is 1.71. The van der Waals surface area contributed by atoms with Crippen molar-refractivity contribution in [1.82, 2.24) is 0 Å². The summed E-state index contributed by atoms with van der Waals surface area (Å²) in [5, 5.41) is 3.47. The average molecular weight is 440 g/mol. The van der Waals surface area contributed by atoms with Crippen molar-refractivity contribution >= 4 is 21.6 Å². The third kappa shape index (κ3) is 5.52. The van der Waals surface area contributed by atoms with Gasteiger partial charge >= 0.3 is 0 Å². The summed E-state index contributed by atoms with van der Waals surface area (Å²) in [4.78, 5) is 0. The maximum atomic E-state index is 6.06. The van der Waals surface area contributed by atoms with Crippen LogP contribution in [0.1, 0.15) is 30.5 Å². The van der Waals surface area contributed by atoms with Crippen LogP contribution in [0.25, 0.3) is 0 Å². The molecule has 0 saturated carbocycles. The van der Waals surface area contributed by atoms with E-state index in [1.165, 1.54) is 5.56 Å². The van der Waals surface area contributed by atoms with Crippen molar-refractivity contribution in [3.8, 4) is 11.5 Å². The van der Waals surface area contributed by atoms with E-state index in [-0.39, 0.29) is 0 Å². The molecule has 0 fully saturated rings. The van der Waals surface area contributed by atoms with Gasteiger partial charge in [-0.05, 0) is 70.2 Å². The first kappa shape index (κ1) is 20.3. The van der Waals surface area contributed by atoms with E-state index in [1.54, 1.807) is 0 Å². The average Bonchev–Trinajstić information content (AvgIpc) is 2.73. The third-order valence-corrected chi connectivity index (χ3v) is 5.04. The normalized spacial score (nSPS) is 10.5. The van der Waals surface area contributed by atoms with Crippen molar-refractivity contribution in [1.29, 1.82) is 0 Å². The van der Waals surface area contributed by atoms with Crippen molar-refractivity contribution < 1.29 is 9.47 Å². The first-order chi connectivity index (χ1) is 13.7. The number of aryl methyl sites for hydroxylation is 1. The van der Waals surface area contributed by atoms with E-state index in [9.17, 15) is 0 Å². The maximum absolute atomic E-state index is 6.06. The molecule has 3 rings (SSSR count). The third-order valence-electron chi connectivity index (χ3n) is 4.45. The second-order valence-electron chi connectivity index (χ2n) is 6.52. The molecule has 0 saturated heterocycles. The number of nitrogens with one attached hydrogen (secondary N) is 1. The van der Waals surface area contributed by atoms with Crippen molar-refractivity contribution in [3.63, 3.8) is 0 Å². The minimum absolute atomic E-state index is 0.501. The van der Waals surface area contributed by atoms with Crippen LogP contribution in [0.15, 0.2) is 71.2 Å². The molecule has 3 nitrogen and oxygen atoms in total. The smallest absolute Gasteiger partial charge is 0.175 e. The van der Waals surface area contributed by atoms with Gasteiger partial charge in [0.15, 0.2) is 11.5 Å². The molecule has 146 valence electrons. The summed E-state index contributed by atoms with van der Waals surface area (Å²) < 4.78 is 12.8. The van der Waals surface area contributed by atoms with Gasteiger partial charge in [-0.2, -0.15) is 0 Å². The van der Waals surface area contributed by atoms with E-state index in [4.69, 9.17) is 9.47 Å². The standard InChI is InChI=1S/C24H26BrNO2/c1-3-18-10-12-21(13-11-18)26-16-20-14-22(25)24(23(15-20)27-4-2)28-17-19-8-6-5-7-9-19/h5-15,26H,3-4,16-17H2,1-2H3. The van der Waals surface area contributed by atoms with Crippen molar-refractivity contribution in [2.24, 2.45) is 0 Å². The molecule has 0 spiro atoms. The first-order valence-electron chi connectivity index (χ1n) is 9.64. The Kier molecular flexibility index (Phi) is 7.38. The summed E-state index contributed by atoms with van der Waals surface area (Å²) in [7, 11) is 0. The molecule has 0 aliphatic carbocycles. The van der Waals surface area contributed by atoms with E-state index >= 15 is 0 Å². The molecule has 0 amide bonds. The fourth-order valence-corrected chi connectivity index (χ4v) is 3.52. The minimum Gasteiger partial charge on any atom is -0.490 e. The van der Waals surface area contributed by atoms with Crippen LogP contribution in [-0.2, 0) is 19.6 Å². The maximum Gasteiger partial charge on any atom is 0.175 e. The zero-order valence-electron chi connectivity index (χ0n) is 16.4. The van der Waals surface area contributed by atoms with Crippen LogP contribution in [0.2, 0.25) is 0 Å². The van der Waals surface area contributed by atoms with Crippen molar-refractivity contribution in [2.45, 2.75) is 33.4 Å². The molecule has 0 aromatic heterocycles. The van der Waals surface area contributed by atoms with Crippen LogP contribution in [0.4, 0.5) is 5.69 Å². The molecule has 0 heterocycles. The molecule has 28 heavy (non-hydrogen) atoms. The Morgan fingerprint density at radius 3 is 2.25 bits per heavy atom. The lowest BCUT2D eigenvalue weighted by Crippen LogP contribution is -2.04. The molecule has 0 atom stereocenters. The Labute approximate surface area is 175 Å². The minimum atomic E-state index is 0.501. The number of anilines is 1. The highest BCUT2D eigenvalue weighted by molar-refractivity contribution is 9.10. The fourth-order valence-electron chi connectivity index (χ4n) is 2.92. The summed E-state index contributed by atoms with van der Waals surface area (Å²) in [6.45, 7) is 5.94. The Morgan fingerprint density at radius 1 is 0.821 bits per heavy atom. The summed E-state index contributed by atoms with van der Waals surface area (Å²) in [5.74, 6) is 1.49. The first-order valence-corrected chi connectivity index (χ1v) is 10.4. The zero-order chi connectivity index (χ0) is 19.8. The quantitative estimate of drug-likeness (QED) is 0.407. The highest BCUT2D eigenvalue weighted by Crippen LogP contribution is 2.37. The monoisotopic (exact) mass is 439 g/mol. The molecule has 0 radical (unpaired) electrons. The van der Waals surface area contributed by atoms with Gasteiger partial charge in [0.05, 0.1) is 11.1 Å². The van der Waals surface area contributed by atoms with Gasteiger partial charge in [0.1, 0.15) is 6.61 Å². The molecule has 0 unspecified atom stereocenters. The molecular weight excluding hydrogens is 414 g/mol. The Bertz CT molecular complexity index is 879. The topological polar surface area (TPSA) is 30.5 Å². The number of hydrogen-bond donors (Lipinski definition) is 1. The predicted octanol–water partition coefficient (Wildman–Crippen LogP) is 6.60. The Morgan fingerprint density at radius 2 is 1.57 bits per heavy atom. The van der Waals surface area contributed by atoms with Gasteiger partial charge in [-0.3, -0.25) is 0 Å². The lowest BCUT2D eigenvalue weighted by atomic mass is 10.1. The van der Waals surface area contributed by atoms with Crippen molar-refractivity contribution in [2.75, 3.05) is 11.9 Å². The summed E-state index contributed by atoms with van der Waals surface area (Å²) in [5.41, 5.74) is 4.70. The van der Waals surface area contributed by atoms with Gasteiger partial charge in [-0.1, -0.05) is 49.4 Å². The highest BCUT2D eigenvalue weighted by atomic mass is 79.9. The molecule has 0 aliphatic heterocycles. The summed E-state index contributed by atoms with van der Waals surface area (Å²) in [6, 6.07) is 22.8. The number of hydrogen-bond acceptors (Lipinski definition) is 3. The van der Waals surface area contributed by atoms with Gasteiger partial charge in [0.2, 0.25) is 0 Å². The highest BCUT2D eigenvalue weighted by Gasteiger charge is 2.13. The van der Waals surface area contributed by atoms with E-state index in [2.05, 4.69) is 70.6 Å². The molecule has 1 N–H and O–H groups in total. The second kappa shape index (κ2) is 10.2. The molecule has 0 aliphatic rings. The van der Waals surface area contributed by atoms with E-state index in [0.29, 0.717) is 19.8 Å².